The summed E-state index contributed by atoms with van der Waals surface area (Å²) in [6.07, 6.45) is 3.37. The van der Waals surface area contributed by atoms with E-state index in [9.17, 15) is 9.59 Å². The van der Waals surface area contributed by atoms with E-state index in [1.54, 1.807) is 0 Å². The molecule has 2 heterocycles. The van der Waals surface area contributed by atoms with Crippen molar-refractivity contribution < 1.29 is 14.3 Å². The second-order valence-electron chi connectivity index (χ2n) is 3.40. The zero-order chi connectivity index (χ0) is 10.4. The Morgan fingerprint density at radius 3 is 2.29 bits per heavy atom. The van der Waals surface area contributed by atoms with Gasteiger partial charge in [-0.3, -0.25) is 9.59 Å². The van der Waals surface area contributed by atoms with Crippen molar-refractivity contribution in [3.05, 3.63) is 0 Å². The van der Waals surface area contributed by atoms with Gasteiger partial charge < -0.3 is 9.64 Å². The normalized spacial score (nSPS) is 20.5. The lowest BCUT2D eigenvalue weighted by molar-refractivity contribution is -0.138. The molecule has 0 aliphatic carbocycles. The van der Waals surface area contributed by atoms with Crippen LogP contribution in [0.2, 0.25) is 0 Å². The number of hydrogen-bond donors (Lipinski definition) is 0. The van der Waals surface area contributed by atoms with Crippen molar-refractivity contribution >= 4 is 11.9 Å². The first-order chi connectivity index (χ1) is 6.74. The van der Waals surface area contributed by atoms with Crippen LogP contribution in [-0.2, 0) is 14.3 Å². The van der Waals surface area contributed by atoms with Crippen molar-refractivity contribution in [3.8, 4) is 0 Å². The van der Waals surface area contributed by atoms with E-state index >= 15 is 0 Å². The Kier molecular flexibility index (Phi) is 4.43. The maximum Gasteiger partial charge on any atom is 0.305 e. The molecule has 2 fully saturated rings. The molecule has 0 aromatic rings. The Labute approximate surface area is 84.2 Å². The summed E-state index contributed by atoms with van der Waals surface area (Å²) >= 11 is 0. The molecule has 2 rings (SSSR count). The quantitative estimate of drug-likeness (QED) is 0.591. The Hall–Kier alpha value is -1.06. The molecule has 0 radical (unpaired) electrons. The lowest BCUT2D eigenvalue weighted by atomic mass is 10.4. The lowest BCUT2D eigenvalue weighted by Crippen LogP contribution is -2.23. The van der Waals surface area contributed by atoms with E-state index in [0.717, 1.165) is 32.4 Å². The highest BCUT2D eigenvalue weighted by atomic mass is 16.5. The molecule has 2 saturated heterocycles. The average Bonchev–Trinajstić information content (AvgIpc) is 2.77. The topological polar surface area (TPSA) is 46.6 Å². The summed E-state index contributed by atoms with van der Waals surface area (Å²) in [5.41, 5.74) is 0. The van der Waals surface area contributed by atoms with Crippen LogP contribution >= 0.6 is 0 Å². The molecule has 4 nitrogen and oxygen atoms in total. The molecule has 0 bridgehead atoms. The maximum atomic E-state index is 10.7. The van der Waals surface area contributed by atoms with Crippen LogP contribution in [0.4, 0.5) is 0 Å². The smallest absolute Gasteiger partial charge is 0.305 e. The number of amides is 1. The first kappa shape index (κ1) is 11.0. The van der Waals surface area contributed by atoms with Crippen LogP contribution < -0.4 is 0 Å². The number of nitrogens with zero attached hydrogens (tertiary/aromatic N) is 1. The molecule has 80 valence electrons. The summed E-state index contributed by atoms with van der Waals surface area (Å²) < 4.78 is 4.51. The maximum absolute atomic E-state index is 10.7. The van der Waals surface area contributed by atoms with Crippen LogP contribution in [0.1, 0.15) is 32.6 Å². The Bertz CT molecular complexity index is 207. The molecule has 0 aromatic heterocycles. The number of rotatable bonds is 1. The number of ether oxygens (including phenoxy) is 1. The fourth-order valence-corrected chi connectivity index (χ4v) is 1.51. The monoisotopic (exact) mass is 199 g/mol. The second kappa shape index (κ2) is 5.62. The molecule has 2 aliphatic rings. The van der Waals surface area contributed by atoms with E-state index < -0.39 is 0 Å². The molecular formula is C10H17NO3. The molecular weight excluding hydrogens is 182 g/mol. The van der Waals surface area contributed by atoms with Crippen molar-refractivity contribution in [3.63, 3.8) is 0 Å². The van der Waals surface area contributed by atoms with Gasteiger partial charge in [-0.15, -0.1) is 0 Å². The minimum absolute atomic E-state index is 0.0463. The average molecular weight is 199 g/mol. The summed E-state index contributed by atoms with van der Waals surface area (Å²) in [5.74, 6) is 0.280. The molecule has 0 aromatic carbocycles. The van der Waals surface area contributed by atoms with E-state index in [-0.39, 0.29) is 5.97 Å². The summed E-state index contributed by atoms with van der Waals surface area (Å²) in [6.45, 7) is 4.52. The van der Waals surface area contributed by atoms with Crippen LogP contribution in [0, 0.1) is 0 Å². The molecule has 0 N–H and O–H groups in total. The van der Waals surface area contributed by atoms with Gasteiger partial charge in [0.25, 0.3) is 0 Å². The van der Waals surface area contributed by atoms with Gasteiger partial charge in [-0.25, -0.2) is 0 Å². The van der Waals surface area contributed by atoms with E-state index in [2.05, 4.69) is 4.74 Å². The van der Waals surface area contributed by atoms with Gasteiger partial charge in [0.05, 0.1) is 6.61 Å². The number of hydrogen-bond acceptors (Lipinski definition) is 3. The third-order valence-corrected chi connectivity index (χ3v) is 2.34. The van der Waals surface area contributed by atoms with Crippen molar-refractivity contribution in [2.45, 2.75) is 32.6 Å². The first-order valence-electron chi connectivity index (χ1n) is 5.17. The van der Waals surface area contributed by atoms with Gasteiger partial charge in [0.1, 0.15) is 0 Å². The fourth-order valence-electron chi connectivity index (χ4n) is 1.51. The zero-order valence-corrected chi connectivity index (χ0v) is 8.62. The van der Waals surface area contributed by atoms with E-state index in [1.165, 1.54) is 0 Å². The van der Waals surface area contributed by atoms with Crippen LogP contribution in [0.15, 0.2) is 0 Å². The van der Waals surface area contributed by atoms with Crippen LogP contribution in [-0.4, -0.2) is 36.5 Å². The number of cyclic esters (lactones) is 1. The van der Waals surface area contributed by atoms with E-state index in [0.29, 0.717) is 18.9 Å². The predicted octanol–water partition coefficient (Wildman–Crippen LogP) is 0.952. The Morgan fingerprint density at radius 1 is 1.29 bits per heavy atom. The van der Waals surface area contributed by atoms with Crippen molar-refractivity contribution in [1.82, 2.24) is 4.90 Å². The van der Waals surface area contributed by atoms with E-state index in [4.69, 9.17) is 0 Å². The minimum Gasteiger partial charge on any atom is -0.466 e. The Balaban J connectivity index is 0.000000146. The molecule has 2 aliphatic heterocycles. The van der Waals surface area contributed by atoms with Crippen molar-refractivity contribution in [2.75, 3.05) is 19.7 Å². The molecule has 0 unspecified atom stereocenters. The molecule has 0 saturated carbocycles. The van der Waals surface area contributed by atoms with Gasteiger partial charge in [-0.1, -0.05) is 0 Å². The lowest BCUT2D eigenvalue weighted by Gasteiger charge is -2.10. The minimum atomic E-state index is -0.0463. The first-order valence-corrected chi connectivity index (χ1v) is 5.17. The Morgan fingerprint density at radius 2 is 2.07 bits per heavy atom. The third-order valence-electron chi connectivity index (χ3n) is 2.34. The van der Waals surface area contributed by atoms with Gasteiger partial charge in [-0.05, 0) is 19.8 Å². The number of esters is 1. The number of likely N-dealkylation sites (tertiary alicyclic amines) is 1. The van der Waals surface area contributed by atoms with Crippen molar-refractivity contribution in [1.29, 1.82) is 0 Å². The van der Waals surface area contributed by atoms with Gasteiger partial charge in [-0.2, -0.15) is 0 Å². The summed E-state index contributed by atoms with van der Waals surface area (Å²) in [5, 5.41) is 0. The summed E-state index contributed by atoms with van der Waals surface area (Å²) in [4.78, 5) is 22.6. The number of carbonyl (C=O) groups is 2. The van der Waals surface area contributed by atoms with Gasteiger partial charge in [0, 0.05) is 25.9 Å². The SMILES string of the molecule is CCN1CCCC1=O.O=C1CCCO1. The number of carbonyl (C=O) groups excluding carboxylic acids is 2. The highest BCUT2D eigenvalue weighted by Gasteiger charge is 2.16. The summed E-state index contributed by atoms with van der Waals surface area (Å²) in [7, 11) is 0. The van der Waals surface area contributed by atoms with Crippen LogP contribution in [0.5, 0.6) is 0 Å². The van der Waals surface area contributed by atoms with Gasteiger partial charge in [0.15, 0.2) is 0 Å². The third kappa shape index (κ3) is 3.36. The molecule has 14 heavy (non-hydrogen) atoms. The van der Waals surface area contributed by atoms with Gasteiger partial charge in [0.2, 0.25) is 5.91 Å². The standard InChI is InChI=1S/C6H11NO.C4H6O2/c1-2-7-5-3-4-6(7)8;5-4-2-1-3-6-4/h2-5H2,1H3;1-3H2. The molecule has 0 spiro atoms. The fraction of sp³-hybridized carbons (Fsp3) is 0.800. The highest BCUT2D eigenvalue weighted by Crippen LogP contribution is 2.07. The second-order valence-corrected chi connectivity index (χ2v) is 3.40. The van der Waals surface area contributed by atoms with Crippen molar-refractivity contribution in [2.24, 2.45) is 0 Å². The molecule has 1 amide bonds. The zero-order valence-electron chi connectivity index (χ0n) is 8.62. The van der Waals surface area contributed by atoms with E-state index in [1.807, 2.05) is 11.8 Å². The predicted molar refractivity (Wildman–Crippen MR) is 51.7 cm³/mol. The van der Waals surface area contributed by atoms with Crippen LogP contribution in [0.25, 0.3) is 0 Å². The van der Waals surface area contributed by atoms with Crippen LogP contribution in [0.3, 0.4) is 0 Å². The van der Waals surface area contributed by atoms with Gasteiger partial charge >= 0.3 is 5.97 Å². The molecule has 0 atom stereocenters. The molecule has 4 heteroatoms. The largest absolute Gasteiger partial charge is 0.466 e. The highest BCUT2D eigenvalue weighted by molar-refractivity contribution is 5.77. The summed E-state index contributed by atoms with van der Waals surface area (Å²) in [6, 6.07) is 0.